The molecule has 148 valence electrons. The molecule has 0 saturated carbocycles. The molecule has 1 aliphatic rings. The molecule has 3 N–H and O–H groups in total. The summed E-state index contributed by atoms with van der Waals surface area (Å²) < 4.78 is 5.44. The molecule has 7 heteroatoms. The van der Waals surface area contributed by atoms with E-state index in [0.717, 1.165) is 17.7 Å². The predicted molar refractivity (Wildman–Crippen MR) is 107 cm³/mol. The molecule has 3 amide bonds. The number of nitrogens with zero attached hydrogens (tertiary/aromatic N) is 1. The summed E-state index contributed by atoms with van der Waals surface area (Å²) in [6, 6.07) is 12.8. The number of para-hydroxylation sites is 1. The molecule has 0 unspecified atom stereocenters. The molecule has 0 saturated heterocycles. The van der Waals surface area contributed by atoms with Crippen LogP contribution >= 0.6 is 0 Å². The van der Waals surface area contributed by atoms with Crippen LogP contribution in [0.25, 0.3) is 0 Å². The maximum atomic E-state index is 13.0. The Labute approximate surface area is 164 Å². The smallest absolute Gasteiger partial charge is 0.329 e. The summed E-state index contributed by atoms with van der Waals surface area (Å²) in [4.78, 5) is 27.0. The first-order valence-electron chi connectivity index (χ1n) is 9.46. The number of ether oxygens (including phenoxy) is 1. The molecule has 1 heterocycles. The zero-order chi connectivity index (χ0) is 20.1. The first-order valence-corrected chi connectivity index (χ1v) is 9.46. The van der Waals surface area contributed by atoms with E-state index < -0.39 is 17.7 Å². The van der Waals surface area contributed by atoms with Crippen molar-refractivity contribution in [3.63, 3.8) is 0 Å². The van der Waals surface area contributed by atoms with Gasteiger partial charge in [0.05, 0.1) is 12.3 Å². The SMILES string of the molecule is CCCCNC(=O)[C@]1(O)c2ccccc2NC(=O)N1c1ccc(OCC)cc1. The van der Waals surface area contributed by atoms with Crippen LogP contribution in [0.2, 0.25) is 0 Å². The van der Waals surface area contributed by atoms with Gasteiger partial charge in [-0.1, -0.05) is 31.5 Å². The summed E-state index contributed by atoms with van der Waals surface area (Å²) in [5.74, 6) is -0.00265. The van der Waals surface area contributed by atoms with E-state index in [1.807, 2.05) is 13.8 Å². The second-order valence-corrected chi connectivity index (χ2v) is 6.52. The van der Waals surface area contributed by atoms with Gasteiger partial charge in [-0.25, -0.2) is 4.79 Å². The van der Waals surface area contributed by atoms with Crippen LogP contribution in [0.3, 0.4) is 0 Å². The number of hydrogen-bond acceptors (Lipinski definition) is 4. The normalized spacial score (nSPS) is 18.2. The Balaban J connectivity index is 2.05. The second kappa shape index (κ2) is 8.31. The fourth-order valence-electron chi connectivity index (χ4n) is 3.22. The molecule has 2 aromatic carbocycles. The lowest BCUT2D eigenvalue weighted by molar-refractivity contribution is -0.140. The van der Waals surface area contributed by atoms with Crippen molar-refractivity contribution in [3.05, 3.63) is 54.1 Å². The Morgan fingerprint density at radius 2 is 1.89 bits per heavy atom. The van der Waals surface area contributed by atoms with E-state index in [-0.39, 0.29) is 0 Å². The van der Waals surface area contributed by atoms with Gasteiger partial charge in [0.15, 0.2) is 0 Å². The van der Waals surface area contributed by atoms with E-state index in [2.05, 4.69) is 10.6 Å². The topological polar surface area (TPSA) is 90.9 Å². The third kappa shape index (κ3) is 3.53. The lowest BCUT2D eigenvalue weighted by Gasteiger charge is -2.42. The molecular weight excluding hydrogens is 358 g/mol. The molecule has 1 atom stereocenters. The van der Waals surface area contributed by atoms with Crippen molar-refractivity contribution in [1.29, 1.82) is 0 Å². The average molecular weight is 383 g/mol. The molecule has 28 heavy (non-hydrogen) atoms. The third-order valence-corrected chi connectivity index (χ3v) is 4.61. The average Bonchev–Trinajstić information content (AvgIpc) is 2.69. The van der Waals surface area contributed by atoms with Crippen molar-refractivity contribution >= 4 is 23.3 Å². The molecule has 0 aromatic heterocycles. The standard InChI is InChI=1S/C21H25N3O4/c1-3-5-14-22-19(25)21(27)17-8-6-7-9-18(17)23-20(26)24(21)15-10-12-16(13-11-15)28-4-2/h6-13,27H,3-5,14H2,1-2H3,(H,22,25)(H,23,26)/t21-/m1/s1. The summed E-state index contributed by atoms with van der Waals surface area (Å²) in [7, 11) is 0. The molecule has 1 aliphatic heterocycles. The molecule has 2 aromatic rings. The molecule has 7 nitrogen and oxygen atoms in total. The zero-order valence-corrected chi connectivity index (χ0v) is 16.1. The first-order chi connectivity index (χ1) is 13.5. The zero-order valence-electron chi connectivity index (χ0n) is 16.1. The van der Waals surface area contributed by atoms with E-state index in [9.17, 15) is 14.7 Å². The largest absolute Gasteiger partial charge is 0.494 e. The van der Waals surface area contributed by atoms with Gasteiger partial charge in [0.1, 0.15) is 5.75 Å². The van der Waals surface area contributed by atoms with Gasteiger partial charge in [0.25, 0.3) is 11.6 Å². The molecule has 3 rings (SSSR count). The number of aliphatic hydroxyl groups is 1. The van der Waals surface area contributed by atoms with Crippen LogP contribution in [0.1, 0.15) is 32.3 Å². The number of hydrogen-bond donors (Lipinski definition) is 3. The maximum Gasteiger partial charge on any atom is 0.329 e. The Hall–Kier alpha value is -3.06. The van der Waals surface area contributed by atoms with Gasteiger partial charge in [-0.2, -0.15) is 0 Å². The quantitative estimate of drug-likeness (QED) is 0.641. The van der Waals surface area contributed by atoms with Crippen LogP contribution in [0.4, 0.5) is 16.2 Å². The summed E-state index contributed by atoms with van der Waals surface area (Å²) in [5, 5.41) is 17.1. The van der Waals surface area contributed by atoms with Crippen LogP contribution in [-0.2, 0) is 10.5 Å². The molecule has 0 spiro atoms. The van der Waals surface area contributed by atoms with E-state index >= 15 is 0 Å². The van der Waals surface area contributed by atoms with E-state index in [1.165, 1.54) is 0 Å². The Kier molecular flexibility index (Phi) is 5.84. The van der Waals surface area contributed by atoms with Crippen LogP contribution in [0.5, 0.6) is 5.75 Å². The fraction of sp³-hybridized carbons (Fsp3) is 0.333. The Bertz CT molecular complexity index is 853. The number of fused-ring (bicyclic) bond motifs is 1. The minimum Gasteiger partial charge on any atom is -0.494 e. The van der Waals surface area contributed by atoms with Gasteiger partial charge in [0.2, 0.25) is 0 Å². The maximum absolute atomic E-state index is 13.0. The van der Waals surface area contributed by atoms with Crippen LogP contribution in [0.15, 0.2) is 48.5 Å². The van der Waals surface area contributed by atoms with Gasteiger partial charge in [-0.15, -0.1) is 0 Å². The number of rotatable bonds is 7. The van der Waals surface area contributed by atoms with Crippen molar-refractivity contribution in [2.24, 2.45) is 0 Å². The minimum absolute atomic E-state index is 0.317. The first kappa shape index (κ1) is 19.7. The summed E-state index contributed by atoms with van der Waals surface area (Å²) in [5.41, 5.74) is -1.07. The number of carbonyl (C=O) groups is 2. The van der Waals surface area contributed by atoms with Crippen molar-refractivity contribution in [2.45, 2.75) is 32.4 Å². The Morgan fingerprint density at radius 3 is 2.57 bits per heavy atom. The summed E-state index contributed by atoms with van der Waals surface area (Å²) in [6.45, 7) is 4.82. The van der Waals surface area contributed by atoms with E-state index in [4.69, 9.17) is 4.74 Å². The monoisotopic (exact) mass is 383 g/mol. The minimum atomic E-state index is -2.17. The second-order valence-electron chi connectivity index (χ2n) is 6.52. The van der Waals surface area contributed by atoms with Crippen LogP contribution in [0, 0.1) is 0 Å². The Morgan fingerprint density at radius 1 is 1.18 bits per heavy atom. The van der Waals surface area contributed by atoms with E-state index in [0.29, 0.717) is 35.8 Å². The van der Waals surface area contributed by atoms with Crippen LogP contribution in [-0.4, -0.2) is 30.2 Å². The lowest BCUT2D eigenvalue weighted by Crippen LogP contribution is -2.62. The lowest BCUT2D eigenvalue weighted by atomic mass is 9.94. The van der Waals surface area contributed by atoms with Gasteiger partial charge >= 0.3 is 6.03 Å². The number of benzene rings is 2. The van der Waals surface area contributed by atoms with Crippen molar-refractivity contribution < 1.29 is 19.4 Å². The summed E-state index contributed by atoms with van der Waals surface area (Å²) in [6.07, 6.45) is 1.68. The number of carbonyl (C=O) groups excluding carboxylic acids is 2. The van der Waals surface area contributed by atoms with Gasteiger partial charge in [-0.05, 0) is 43.7 Å². The van der Waals surface area contributed by atoms with Gasteiger partial charge < -0.3 is 20.5 Å². The predicted octanol–water partition coefficient (Wildman–Crippen LogP) is 3.20. The molecule has 0 radical (unpaired) electrons. The number of anilines is 2. The highest BCUT2D eigenvalue weighted by molar-refractivity contribution is 6.11. The van der Waals surface area contributed by atoms with Gasteiger partial charge in [0, 0.05) is 17.8 Å². The molecule has 0 aliphatic carbocycles. The fourth-order valence-corrected chi connectivity index (χ4v) is 3.22. The van der Waals surface area contributed by atoms with Gasteiger partial charge in [-0.3, -0.25) is 9.69 Å². The number of nitrogens with one attached hydrogen (secondary N) is 2. The molecular formula is C21H25N3O4. The van der Waals surface area contributed by atoms with Crippen LogP contribution < -0.4 is 20.3 Å². The van der Waals surface area contributed by atoms with E-state index in [1.54, 1.807) is 48.5 Å². The highest BCUT2D eigenvalue weighted by Crippen LogP contribution is 2.40. The highest BCUT2D eigenvalue weighted by atomic mass is 16.5. The van der Waals surface area contributed by atoms with Crippen molar-refractivity contribution in [1.82, 2.24) is 5.32 Å². The highest BCUT2D eigenvalue weighted by Gasteiger charge is 2.51. The number of unbranched alkanes of at least 4 members (excludes halogenated alkanes) is 1. The van der Waals surface area contributed by atoms with Crippen molar-refractivity contribution in [3.8, 4) is 5.75 Å². The summed E-state index contributed by atoms with van der Waals surface area (Å²) >= 11 is 0. The third-order valence-electron chi connectivity index (χ3n) is 4.61. The molecule has 0 bridgehead atoms. The van der Waals surface area contributed by atoms with Crippen molar-refractivity contribution in [2.75, 3.05) is 23.4 Å². The molecule has 0 fully saturated rings. The number of urea groups is 1. The number of amides is 3.